The lowest BCUT2D eigenvalue weighted by molar-refractivity contribution is 0.0772. The highest BCUT2D eigenvalue weighted by atomic mass is 35.5. The van der Waals surface area contributed by atoms with Gasteiger partial charge in [-0.05, 0) is 32.4 Å². The number of hydrogen-bond donors (Lipinski definition) is 0. The largest absolute Gasteiger partial charge is 0.339 e. The highest BCUT2D eigenvalue weighted by Gasteiger charge is 2.14. The third kappa shape index (κ3) is 3.70. The monoisotopic (exact) mass is 254 g/mol. The Hall–Kier alpha value is -1.09. The van der Waals surface area contributed by atoms with E-state index in [2.05, 4.69) is 11.9 Å². The molecule has 1 aromatic heterocycles. The quantitative estimate of drug-likeness (QED) is 0.757. The molecule has 1 heterocycles. The SMILES string of the molecule is CCCc1cc(C(=O)N(CC)CC)cc(Cl)n1. The zero-order valence-electron chi connectivity index (χ0n) is 10.7. The van der Waals surface area contributed by atoms with Gasteiger partial charge in [0, 0.05) is 24.3 Å². The molecule has 94 valence electrons. The maximum atomic E-state index is 12.2. The molecule has 0 saturated heterocycles. The molecule has 0 aliphatic rings. The van der Waals surface area contributed by atoms with E-state index in [0.717, 1.165) is 18.5 Å². The summed E-state index contributed by atoms with van der Waals surface area (Å²) in [5.41, 5.74) is 1.52. The molecule has 3 nitrogen and oxygen atoms in total. The predicted molar refractivity (Wildman–Crippen MR) is 70.5 cm³/mol. The molecule has 4 heteroatoms. The van der Waals surface area contributed by atoms with Gasteiger partial charge >= 0.3 is 0 Å². The molecule has 1 aromatic rings. The van der Waals surface area contributed by atoms with Crippen LogP contribution in [0.1, 0.15) is 43.2 Å². The van der Waals surface area contributed by atoms with Crippen LogP contribution in [0, 0.1) is 0 Å². The molecular formula is C13H19ClN2O. The topological polar surface area (TPSA) is 33.2 Å². The van der Waals surface area contributed by atoms with E-state index in [1.165, 1.54) is 0 Å². The fraction of sp³-hybridized carbons (Fsp3) is 0.538. The van der Waals surface area contributed by atoms with Gasteiger partial charge in [-0.1, -0.05) is 24.9 Å². The van der Waals surface area contributed by atoms with Crippen molar-refractivity contribution in [3.8, 4) is 0 Å². The van der Waals surface area contributed by atoms with Gasteiger partial charge in [-0.3, -0.25) is 4.79 Å². The van der Waals surface area contributed by atoms with Gasteiger partial charge in [-0.25, -0.2) is 4.98 Å². The Balaban J connectivity index is 3.00. The van der Waals surface area contributed by atoms with E-state index in [1.807, 2.05) is 19.9 Å². The van der Waals surface area contributed by atoms with Gasteiger partial charge in [-0.2, -0.15) is 0 Å². The van der Waals surface area contributed by atoms with Gasteiger partial charge in [0.05, 0.1) is 0 Å². The van der Waals surface area contributed by atoms with Gasteiger partial charge in [-0.15, -0.1) is 0 Å². The summed E-state index contributed by atoms with van der Waals surface area (Å²) in [6.07, 6.45) is 1.84. The second-order valence-corrected chi connectivity index (χ2v) is 4.28. The normalized spacial score (nSPS) is 10.4. The van der Waals surface area contributed by atoms with Crippen molar-refractivity contribution in [3.05, 3.63) is 28.5 Å². The Kier molecular flexibility index (Phi) is 5.42. The zero-order valence-corrected chi connectivity index (χ0v) is 11.4. The summed E-state index contributed by atoms with van der Waals surface area (Å²) in [7, 11) is 0. The van der Waals surface area contributed by atoms with Crippen LogP contribution in [0.15, 0.2) is 12.1 Å². The van der Waals surface area contributed by atoms with Crippen molar-refractivity contribution in [1.82, 2.24) is 9.88 Å². The highest BCUT2D eigenvalue weighted by molar-refractivity contribution is 6.29. The van der Waals surface area contributed by atoms with Crippen molar-refractivity contribution in [2.24, 2.45) is 0 Å². The van der Waals surface area contributed by atoms with Crippen molar-refractivity contribution in [1.29, 1.82) is 0 Å². The van der Waals surface area contributed by atoms with Crippen LogP contribution in [0.3, 0.4) is 0 Å². The van der Waals surface area contributed by atoms with Crippen molar-refractivity contribution in [3.63, 3.8) is 0 Å². The van der Waals surface area contributed by atoms with E-state index in [0.29, 0.717) is 23.8 Å². The molecule has 0 aliphatic carbocycles. The second-order valence-electron chi connectivity index (χ2n) is 3.90. The van der Waals surface area contributed by atoms with Crippen LogP contribution >= 0.6 is 11.6 Å². The Morgan fingerprint density at radius 1 is 1.29 bits per heavy atom. The smallest absolute Gasteiger partial charge is 0.254 e. The number of amides is 1. The molecule has 0 radical (unpaired) electrons. The van der Waals surface area contributed by atoms with Crippen LogP contribution in [0.2, 0.25) is 5.15 Å². The summed E-state index contributed by atoms with van der Waals surface area (Å²) in [5, 5.41) is 0.395. The minimum Gasteiger partial charge on any atom is -0.339 e. The van der Waals surface area contributed by atoms with Crippen LogP contribution in [0.5, 0.6) is 0 Å². The van der Waals surface area contributed by atoms with E-state index >= 15 is 0 Å². The highest BCUT2D eigenvalue weighted by Crippen LogP contribution is 2.14. The van der Waals surface area contributed by atoms with E-state index in [4.69, 9.17) is 11.6 Å². The zero-order chi connectivity index (χ0) is 12.8. The standard InChI is InChI=1S/C13H19ClN2O/c1-4-7-11-8-10(9-12(14)15-11)13(17)16(5-2)6-3/h8-9H,4-7H2,1-3H3. The molecule has 0 unspecified atom stereocenters. The number of carbonyl (C=O) groups excluding carboxylic acids is 1. The number of pyridine rings is 1. The summed E-state index contributed by atoms with van der Waals surface area (Å²) < 4.78 is 0. The fourth-order valence-electron chi connectivity index (χ4n) is 1.75. The maximum absolute atomic E-state index is 12.2. The average Bonchev–Trinajstić information content (AvgIpc) is 2.30. The third-order valence-corrected chi connectivity index (χ3v) is 2.84. The van der Waals surface area contributed by atoms with E-state index in [1.54, 1.807) is 11.0 Å². The summed E-state index contributed by atoms with van der Waals surface area (Å²) in [6, 6.07) is 3.48. The number of carbonyl (C=O) groups is 1. The number of rotatable bonds is 5. The molecule has 0 atom stereocenters. The van der Waals surface area contributed by atoms with Crippen LogP contribution in [0.25, 0.3) is 0 Å². The van der Waals surface area contributed by atoms with E-state index in [-0.39, 0.29) is 5.91 Å². The van der Waals surface area contributed by atoms with Crippen molar-refractivity contribution >= 4 is 17.5 Å². The molecular weight excluding hydrogens is 236 g/mol. The van der Waals surface area contributed by atoms with Crippen LogP contribution in [-0.4, -0.2) is 28.9 Å². The molecule has 0 aromatic carbocycles. The van der Waals surface area contributed by atoms with Crippen molar-refractivity contribution in [2.45, 2.75) is 33.6 Å². The Morgan fingerprint density at radius 3 is 2.47 bits per heavy atom. The molecule has 0 N–H and O–H groups in total. The lowest BCUT2D eigenvalue weighted by atomic mass is 10.1. The Labute approximate surface area is 108 Å². The second kappa shape index (κ2) is 6.60. The maximum Gasteiger partial charge on any atom is 0.254 e. The molecule has 17 heavy (non-hydrogen) atoms. The summed E-state index contributed by atoms with van der Waals surface area (Å²) >= 11 is 5.94. The van der Waals surface area contributed by atoms with Crippen LogP contribution < -0.4 is 0 Å². The minimum absolute atomic E-state index is 0.0247. The van der Waals surface area contributed by atoms with Gasteiger partial charge in [0.15, 0.2) is 0 Å². The van der Waals surface area contributed by atoms with Gasteiger partial charge in [0.1, 0.15) is 5.15 Å². The first kappa shape index (κ1) is 14.0. The number of aryl methyl sites for hydroxylation is 1. The lowest BCUT2D eigenvalue weighted by Crippen LogP contribution is -2.30. The first-order chi connectivity index (χ1) is 8.12. The van der Waals surface area contributed by atoms with Crippen LogP contribution in [0.4, 0.5) is 0 Å². The van der Waals surface area contributed by atoms with E-state index in [9.17, 15) is 4.79 Å². The molecule has 0 aliphatic heterocycles. The number of nitrogens with zero attached hydrogens (tertiary/aromatic N) is 2. The summed E-state index contributed by atoms with van der Waals surface area (Å²) in [4.78, 5) is 18.1. The van der Waals surface area contributed by atoms with Crippen LogP contribution in [-0.2, 0) is 6.42 Å². The molecule has 1 amide bonds. The first-order valence-corrected chi connectivity index (χ1v) is 6.45. The minimum atomic E-state index is 0.0247. The molecule has 0 fully saturated rings. The molecule has 0 spiro atoms. The van der Waals surface area contributed by atoms with Gasteiger partial charge in [0.2, 0.25) is 0 Å². The van der Waals surface area contributed by atoms with Gasteiger partial charge in [0.25, 0.3) is 5.91 Å². The Bertz CT molecular complexity index is 389. The summed E-state index contributed by atoms with van der Waals surface area (Å²) in [6.45, 7) is 7.43. The first-order valence-electron chi connectivity index (χ1n) is 6.08. The Morgan fingerprint density at radius 2 is 1.94 bits per heavy atom. The van der Waals surface area contributed by atoms with E-state index < -0.39 is 0 Å². The van der Waals surface area contributed by atoms with Crippen molar-refractivity contribution < 1.29 is 4.79 Å². The number of hydrogen-bond acceptors (Lipinski definition) is 2. The summed E-state index contributed by atoms with van der Waals surface area (Å²) in [5.74, 6) is 0.0247. The molecule has 0 bridgehead atoms. The fourth-order valence-corrected chi connectivity index (χ4v) is 1.98. The lowest BCUT2D eigenvalue weighted by Gasteiger charge is -2.18. The molecule has 0 saturated carbocycles. The predicted octanol–water partition coefficient (Wildman–Crippen LogP) is 3.17. The third-order valence-electron chi connectivity index (χ3n) is 2.65. The number of halogens is 1. The van der Waals surface area contributed by atoms with Gasteiger partial charge < -0.3 is 4.90 Å². The molecule has 1 rings (SSSR count). The number of aromatic nitrogens is 1. The average molecular weight is 255 g/mol. The van der Waals surface area contributed by atoms with Crippen molar-refractivity contribution in [2.75, 3.05) is 13.1 Å².